The van der Waals surface area contributed by atoms with Gasteiger partial charge in [0.25, 0.3) is 0 Å². The Labute approximate surface area is 181 Å². The van der Waals surface area contributed by atoms with Crippen LogP contribution in [0.15, 0.2) is 42.5 Å². The Balaban J connectivity index is 1.73. The summed E-state index contributed by atoms with van der Waals surface area (Å²) in [4.78, 5) is 28.7. The van der Waals surface area contributed by atoms with Crippen molar-refractivity contribution in [1.82, 2.24) is 0 Å². The summed E-state index contributed by atoms with van der Waals surface area (Å²) in [5, 5.41) is 5.12. The van der Waals surface area contributed by atoms with Gasteiger partial charge in [0.1, 0.15) is 0 Å². The third kappa shape index (κ3) is 4.42. The molecule has 0 aromatic heterocycles. The Hall–Kier alpha value is -2.91. The van der Waals surface area contributed by atoms with E-state index in [4.69, 9.17) is 9.88 Å². The van der Waals surface area contributed by atoms with Gasteiger partial charge in [-0.3, -0.25) is 9.69 Å². The van der Waals surface area contributed by atoms with E-state index >= 15 is 0 Å². The number of benzene rings is 2. The zero-order valence-electron chi connectivity index (χ0n) is 17.4. The molecule has 1 saturated carbocycles. The fraction of sp³-hybridized carbons (Fsp3) is 0.364. The van der Waals surface area contributed by atoms with E-state index in [2.05, 4.69) is 0 Å². The largest absolute Gasteiger partial charge is 0.452 e. The van der Waals surface area contributed by atoms with Crippen LogP contribution in [0.4, 0.5) is 16.2 Å². The van der Waals surface area contributed by atoms with Crippen molar-refractivity contribution in [3.8, 4) is 11.1 Å². The third-order valence-electron chi connectivity index (χ3n) is 5.63. The molecular weight excluding hydrogens is 418 g/mol. The van der Waals surface area contributed by atoms with E-state index in [1.807, 2.05) is 37.3 Å². The second-order valence-corrected chi connectivity index (χ2v) is 9.73. The van der Waals surface area contributed by atoms with Gasteiger partial charge >= 0.3 is 6.09 Å². The molecule has 4 rings (SSSR count). The van der Waals surface area contributed by atoms with E-state index in [9.17, 15) is 18.0 Å². The summed E-state index contributed by atoms with van der Waals surface area (Å²) in [6.07, 6.45) is 1.32. The van der Waals surface area contributed by atoms with Crippen LogP contribution in [0.25, 0.3) is 11.1 Å². The molecule has 1 atom stereocenters. The highest BCUT2D eigenvalue weighted by molar-refractivity contribution is 7.88. The molecule has 31 heavy (non-hydrogen) atoms. The molecule has 2 aromatic rings. The van der Waals surface area contributed by atoms with Gasteiger partial charge in [-0.2, -0.15) is 0 Å². The average molecular weight is 444 g/mol. The van der Waals surface area contributed by atoms with Gasteiger partial charge in [0.05, 0.1) is 30.3 Å². The molecule has 2 amide bonds. The average Bonchev–Trinajstić information content (AvgIpc) is 3.57. The molecule has 2 N–H and O–H groups in total. The topological polar surface area (TPSA) is 110 Å². The van der Waals surface area contributed by atoms with Crippen LogP contribution in [0.5, 0.6) is 0 Å². The number of amides is 2. The van der Waals surface area contributed by atoms with Crippen LogP contribution in [0.3, 0.4) is 0 Å². The minimum Gasteiger partial charge on any atom is -0.452 e. The number of carbonyl (C=O) groups is 2. The van der Waals surface area contributed by atoms with Crippen LogP contribution in [0.2, 0.25) is 0 Å². The van der Waals surface area contributed by atoms with Crippen LogP contribution >= 0.6 is 0 Å². The monoisotopic (exact) mass is 443 g/mol. The van der Waals surface area contributed by atoms with Crippen molar-refractivity contribution in [2.75, 3.05) is 23.5 Å². The predicted octanol–water partition coefficient (Wildman–Crippen LogP) is 2.86. The maximum Gasteiger partial charge on any atom is 0.414 e. The Morgan fingerprint density at radius 3 is 2.29 bits per heavy atom. The molecule has 2 aromatic carbocycles. The second kappa shape index (κ2) is 7.97. The lowest BCUT2D eigenvalue weighted by molar-refractivity contribution is -0.119. The number of fused-ring (bicyclic) bond motifs is 1. The van der Waals surface area contributed by atoms with Crippen molar-refractivity contribution in [3.05, 3.63) is 48.0 Å². The van der Waals surface area contributed by atoms with E-state index < -0.39 is 16.1 Å². The van der Waals surface area contributed by atoms with Crippen LogP contribution in [0.1, 0.15) is 25.3 Å². The van der Waals surface area contributed by atoms with Crippen molar-refractivity contribution in [1.29, 1.82) is 0 Å². The number of hydrogen-bond acceptors (Lipinski definition) is 5. The van der Waals surface area contributed by atoms with E-state index in [0.717, 1.165) is 24.0 Å². The number of ether oxygens (including phenoxy) is 1. The molecule has 9 heteroatoms. The van der Waals surface area contributed by atoms with Crippen LogP contribution in [-0.4, -0.2) is 40.1 Å². The lowest BCUT2D eigenvalue weighted by atomic mass is 10.00. The number of nitrogens with zero attached hydrogens (tertiary/aromatic N) is 2. The highest BCUT2D eigenvalue weighted by Gasteiger charge is 2.40. The molecule has 0 saturated heterocycles. The normalized spacial score (nSPS) is 18.5. The van der Waals surface area contributed by atoms with E-state index in [1.165, 1.54) is 7.11 Å². The Kier molecular flexibility index (Phi) is 5.49. The first kappa shape index (κ1) is 21.3. The van der Waals surface area contributed by atoms with Crippen molar-refractivity contribution < 1.29 is 22.7 Å². The van der Waals surface area contributed by atoms with E-state index in [-0.39, 0.29) is 23.6 Å². The molecule has 164 valence electrons. The highest BCUT2D eigenvalue weighted by atomic mass is 32.2. The van der Waals surface area contributed by atoms with Gasteiger partial charge < -0.3 is 9.64 Å². The molecule has 0 bridgehead atoms. The number of methoxy groups -OCH3 is 1. The quantitative estimate of drug-likeness (QED) is 0.781. The van der Waals surface area contributed by atoms with Crippen molar-refractivity contribution in [2.24, 2.45) is 11.1 Å². The maximum atomic E-state index is 13.0. The van der Waals surface area contributed by atoms with Gasteiger partial charge in [-0.25, -0.2) is 18.4 Å². The number of nitrogens with two attached hydrogens (primary N) is 1. The molecule has 1 aliphatic heterocycles. The molecule has 0 radical (unpaired) electrons. The molecule has 2 aliphatic rings. The summed E-state index contributed by atoms with van der Waals surface area (Å²) in [7, 11) is -2.26. The van der Waals surface area contributed by atoms with Gasteiger partial charge in [-0.1, -0.05) is 30.3 Å². The SMILES string of the molecule is COC(=O)N1c2ccc(-c3ccc(CS(N)(=O)=O)cc3)cc2N(C(=O)C2CC2)CC1C. The summed E-state index contributed by atoms with van der Waals surface area (Å²) >= 11 is 0. The number of hydrogen-bond donors (Lipinski definition) is 1. The Morgan fingerprint density at radius 2 is 1.71 bits per heavy atom. The number of anilines is 2. The molecule has 1 fully saturated rings. The van der Waals surface area contributed by atoms with Gasteiger partial charge in [-0.05, 0) is 48.6 Å². The minimum absolute atomic E-state index is 0.0471. The number of carbonyl (C=O) groups excluding carboxylic acids is 2. The van der Waals surface area contributed by atoms with Gasteiger partial charge in [0, 0.05) is 12.5 Å². The first-order chi connectivity index (χ1) is 14.7. The standard InChI is InChI=1S/C22H25N3O5S/c1-14-12-24(21(26)17-7-8-17)20-11-18(9-10-19(20)25(14)22(27)30-2)16-5-3-15(4-6-16)13-31(23,28)29/h3-6,9-11,14,17H,7-8,12-13H2,1-2H3,(H2,23,28,29). The van der Waals surface area contributed by atoms with Crippen LogP contribution in [0, 0.1) is 5.92 Å². The summed E-state index contributed by atoms with van der Waals surface area (Å²) in [6.45, 7) is 2.29. The van der Waals surface area contributed by atoms with Crippen molar-refractivity contribution in [2.45, 2.75) is 31.6 Å². The predicted molar refractivity (Wildman–Crippen MR) is 118 cm³/mol. The summed E-state index contributed by atoms with van der Waals surface area (Å²) < 4.78 is 27.6. The van der Waals surface area contributed by atoms with Crippen LogP contribution in [-0.2, 0) is 25.3 Å². The maximum absolute atomic E-state index is 13.0. The number of primary sulfonamides is 1. The zero-order chi connectivity index (χ0) is 22.3. The molecular formula is C22H25N3O5S. The molecule has 1 heterocycles. The Bertz CT molecular complexity index is 1130. The first-order valence-corrected chi connectivity index (χ1v) is 11.8. The number of rotatable bonds is 4. The highest BCUT2D eigenvalue weighted by Crippen LogP contribution is 2.42. The van der Waals surface area contributed by atoms with Gasteiger partial charge in [0.2, 0.25) is 15.9 Å². The lowest BCUT2D eigenvalue weighted by Crippen LogP contribution is -2.52. The molecule has 8 nitrogen and oxygen atoms in total. The van der Waals surface area contributed by atoms with Gasteiger partial charge in [-0.15, -0.1) is 0 Å². The van der Waals surface area contributed by atoms with Crippen molar-refractivity contribution in [3.63, 3.8) is 0 Å². The molecule has 1 aliphatic carbocycles. The lowest BCUT2D eigenvalue weighted by Gasteiger charge is -2.40. The molecule has 0 spiro atoms. The third-order valence-corrected chi connectivity index (χ3v) is 6.37. The minimum atomic E-state index is -3.60. The van der Waals surface area contributed by atoms with Crippen molar-refractivity contribution >= 4 is 33.4 Å². The fourth-order valence-corrected chi connectivity index (χ4v) is 4.62. The van der Waals surface area contributed by atoms with Crippen LogP contribution < -0.4 is 14.9 Å². The second-order valence-electron chi connectivity index (χ2n) is 8.12. The zero-order valence-corrected chi connectivity index (χ0v) is 18.3. The summed E-state index contributed by atoms with van der Waals surface area (Å²) in [6, 6.07) is 12.4. The first-order valence-electron chi connectivity index (χ1n) is 10.1. The van der Waals surface area contributed by atoms with Gasteiger partial charge in [0.15, 0.2) is 0 Å². The fourth-order valence-electron chi connectivity index (χ4n) is 3.97. The van der Waals surface area contributed by atoms with E-state index in [0.29, 0.717) is 23.5 Å². The summed E-state index contributed by atoms with van der Waals surface area (Å²) in [5.74, 6) is -0.100. The number of sulfonamides is 1. The molecule has 1 unspecified atom stereocenters. The summed E-state index contributed by atoms with van der Waals surface area (Å²) in [5.41, 5.74) is 3.62. The smallest absolute Gasteiger partial charge is 0.414 e. The Morgan fingerprint density at radius 1 is 1.06 bits per heavy atom. The van der Waals surface area contributed by atoms with E-state index in [1.54, 1.807) is 21.9 Å².